The highest BCUT2D eigenvalue weighted by Crippen LogP contribution is 2.33. The smallest absolute Gasteiger partial charge is 0.408 e. The second kappa shape index (κ2) is 21.4. The summed E-state index contributed by atoms with van der Waals surface area (Å²) in [5, 5.41) is 30.4. The molecule has 3 N–H and O–H groups in total. The van der Waals surface area contributed by atoms with E-state index < -0.39 is 69.7 Å². The summed E-state index contributed by atoms with van der Waals surface area (Å²) >= 11 is 0.794. The lowest BCUT2D eigenvalue weighted by Crippen LogP contribution is -2.50. The lowest BCUT2D eigenvalue weighted by molar-refractivity contribution is -0.396. The summed E-state index contributed by atoms with van der Waals surface area (Å²) in [4.78, 5) is 86.4. The van der Waals surface area contributed by atoms with Gasteiger partial charge in [0.2, 0.25) is 11.8 Å². The van der Waals surface area contributed by atoms with E-state index in [1.807, 2.05) is 6.07 Å². The molecule has 2 saturated carbocycles. The fourth-order valence-corrected chi connectivity index (χ4v) is 7.09. The number of alkyl carbamates (subject to hydrolysis) is 1. The number of hydrogen-bond acceptors (Lipinski definition) is 13. The predicted molar refractivity (Wildman–Crippen MR) is 194 cm³/mol. The topological polar surface area (TPSA) is 235 Å². The van der Waals surface area contributed by atoms with E-state index in [2.05, 4.69) is 16.0 Å². The zero-order valence-electron chi connectivity index (χ0n) is 29.7. The second-order valence-electron chi connectivity index (χ2n) is 13.1. The molecule has 2 fully saturated rings. The summed E-state index contributed by atoms with van der Waals surface area (Å²) in [5.74, 6) is -3.18. The van der Waals surface area contributed by atoms with E-state index in [1.54, 1.807) is 24.3 Å². The van der Waals surface area contributed by atoms with Crippen molar-refractivity contribution in [3.05, 3.63) is 74.3 Å². The molecule has 0 saturated heterocycles. The number of benzene rings is 2. The summed E-state index contributed by atoms with van der Waals surface area (Å²) in [5.41, 5.74) is -0.351. The second-order valence-corrected chi connectivity index (χ2v) is 14.1. The average molecular weight is 772 g/mol. The van der Waals surface area contributed by atoms with E-state index in [4.69, 9.17) is 14.2 Å². The van der Waals surface area contributed by atoms with E-state index in [0.29, 0.717) is 12.8 Å². The molecule has 0 radical (unpaired) electrons. The number of nitro groups is 2. The van der Waals surface area contributed by atoms with Crippen molar-refractivity contribution in [2.45, 2.75) is 113 Å². The van der Waals surface area contributed by atoms with Crippen LogP contribution in [0.3, 0.4) is 0 Å². The zero-order valence-corrected chi connectivity index (χ0v) is 30.6. The lowest BCUT2D eigenvalue weighted by Gasteiger charge is -2.25. The molecule has 292 valence electrons. The molecule has 0 heterocycles. The van der Waals surface area contributed by atoms with Gasteiger partial charge in [0.1, 0.15) is 37.4 Å². The Kier molecular flexibility index (Phi) is 16.5. The average Bonchev–Trinajstić information content (AvgIpc) is 3.17. The summed E-state index contributed by atoms with van der Waals surface area (Å²) in [6, 6.07) is 9.32. The van der Waals surface area contributed by atoms with Crippen LogP contribution >= 0.6 is 11.8 Å². The number of nitrogens with one attached hydrogen (secondary N) is 3. The molecule has 0 unspecified atom stereocenters. The van der Waals surface area contributed by atoms with Gasteiger partial charge in [0, 0.05) is 18.2 Å². The molecule has 2 aliphatic carbocycles. The minimum atomic E-state index is -1.35. The Bertz CT molecular complexity index is 1630. The van der Waals surface area contributed by atoms with Gasteiger partial charge in [-0.15, -0.1) is 11.8 Å². The van der Waals surface area contributed by atoms with Crippen molar-refractivity contribution in [1.29, 1.82) is 0 Å². The number of non-ortho nitro benzene ring substituents is 1. The van der Waals surface area contributed by atoms with Crippen LogP contribution in [0.2, 0.25) is 0 Å². The van der Waals surface area contributed by atoms with E-state index in [-0.39, 0.29) is 42.3 Å². The molecule has 2 aliphatic rings. The lowest BCUT2D eigenvalue weighted by atomic mass is 9.98. The summed E-state index contributed by atoms with van der Waals surface area (Å²) in [6.45, 7) is -0.554. The van der Waals surface area contributed by atoms with Crippen molar-refractivity contribution in [3.63, 3.8) is 0 Å². The normalized spacial score (nSPS) is 15.9. The van der Waals surface area contributed by atoms with Crippen molar-refractivity contribution in [3.8, 4) is 0 Å². The largest absolute Gasteiger partial charge is 0.461 e. The fraction of sp³-hybridized carbons (Fsp3) is 0.528. The van der Waals surface area contributed by atoms with Crippen molar-refractivity contribution >= 4 is 53.0 Å². The minimum absolute atomic E-state index is 0.00176. The summed E-state index contributed by atoms with van der Waals surface area (Å²) in [7, 11) is 0. The first-order valence-corrected chi connectivity index (χ1v) is 19.0. The van der Waals surface area contributed by atoms with Crippen LogP contribution in [0.5, 0.6) is 0 Å². The molecule has 4 rings (SSSR count). The van der Waals surface area contributed by atoms with E-state index >= 15 is 0 Å². The van der Waals surface area contributed by atoms with E-state index in [9.17, 15) is 44.2 Å². The molecular formula is C36H45N5O12S. The summed E-state index contributed by atoms with van der Waals surface area (Å²) in [6.07, 6.45) is 6.42. The first kappa shape index (κ1) is 41.5. The van der Waals surface area contributed by atoms with Crippen LogP contribution in [0.25, 0.3) is 0 Å². The van der Waals surface area contributed by atoms with Gasteiger partial charge >= 0.3 is 18.0 Å². The van der Waals surface area contributed by atoms with Crippen LogP contribution in [0.1, 0.15) is 82.6 Å². The Balaban J connectivity index is 1.42. The molecule has 18 heteroatoms. The Morgan fingerprint density at radius 3 is 2.07 bits per heavy atom. The van der Waals surface area contributed by atoms with Gasteiger partial charge in [-0.2, -0.15) is 0 Å². The quantitative estimate of drug-likeness (QED) is 0.0594. The fourth-order valence-electron chi connectivity index (χ4n) is 6.06. The minimum Gasteiger partial charge on any atom is -0.461 e. The van der Waals surface area contributed by atoms with Crippen LogP contribution < -0.4 is 16.0 Å². The monoisotopic (exact) mass is 771 g/mol. The van der Waals surface area contributed by atoms with Crippen molar-refractivity contribution in [1.82, 2.24) is 16.0 Å². The number of nitro benzene ring substituents is 2. The number of ether oxygens (including phenoxy) is 3. The molecule has 2 atom stereocenters. The van der Waals surface area contributed by atoms with Gasteiger partial charge in [-0.1, -0.05) is 43.2 Å². The maximum absolute atomic E-state index is 13.3. The molecule has 17 nitrogen and oxygen atoms in total. The molecule has 54 heavy (non-hydrogen) atoms. The van der Waals surface area contributed by atoms with E-state index in [1.165, 1.54) is 6.07 Å². The highest BCUT2D eigenvalue weighted by atomic mass is 32.2. The Labute approximate surface area is 315 Å². The van der Waals surface area contributed by atoms with Crippen molar-refractivity contribution in [2.75, 3.05) is 12.3 Å². The highest BCUT2D eigenvalue weighted by Gasteiger charge is 2.30. The third-order valence-electron chi connectivity index (χ3n) is 8.95. The van der Waals surface area contributed by atoms with Crippen LogP contribution in [0.15, 0.2) is 53.4 Å². The van der Waals surface area contributed by atoms with Crippen LogP contribution in [-0.2, 0) is 40.0 Å². The van der Waals surface area contributed by atoms with Crippen molar-refractivity contribution in [2.24, 2.45) is 0 Å². The van der Waals surface area contributed by atoms with Gasteiger partial charge in [0.05, 0.1) is 20.8 Å². The first-order valence-electron chi connectivity index (χ1n) is 18.0. The number of esters is 2. The van der Waals surface area contributed by atoms with Gasteiger partial charge in [-0.3, -0.25) is 34.6 Å². The number of nitrogens with zero attached hydrogens (tertiary/aromatic N) is 2. The standard InChI is InChI=1S/C36H45N5O12S/c42-32(19-17-28(35(45)53-27-14-8-3-9-15-27)39-36(46)51-22-24-10-4-1-5-11-24)38-29(34(44)37-21-33(43)52-26-12-6-2-7-13-26)23-54-31-18-16-25(40(47)48)20-30(31)41(49)50/h1,4-5,10-11,16,18,20,26-29H,2-3,6-9,12-15,17,19,21-23H2,(H,37,44)(H,38,42)(H,39,46)/t28-,29-/m0/s1. The highest BCUT2D eigenvalue weighted by molar-refractivity contribution is 7.99. The maximum Gasteiger partial charge on any atom is 0.408 e. The van der Waals surface area contributed by atoms with Gasteiger partial charge in [-0.25, -0.2) is 9.59 Å². The Morgan fingerprint density at radius 2 is 1.44 bits per heavy atom. The molecule has 0 aromatic heterocycles. The van der Waals surface area contributed by atoms with E-state index in [0.717, 1.165) is 80.8 Å². The van der Waals surface area contributed by atoms with Crippen molar-refractivity contribution < 1.29 is 48.0 Å². The first-order chi connectivity index (χ1) is 26.0. The third-order valence-corrected chi connectivity index (χ3v) is 10.1. The predicted octanol–water partition coefficient (Wildman–Crippen LogP) is 5.02. The maximum atomic E-state index is 13.3. The summed E-state index contributed by atoms with van der Waals surface area (Å²) < 4.78 is 16.4. The molecule has 3 amide bonds. The SMILES string of the molecule is O=C(CC[C@H](NC(=O)OCc1ccccc1)C(=O)OC1CCCCC1)N[C@@H](CSc1ccc([N+](=O)[O-])cc1[N+](=O)[O-])C(=O)NCC(=O)OC1CCCCC1. The van der Waals surface area contributed by atoms with Gasteiger partial charge < -0.3 is 30.2 Å². The number of amides is 3. The third kappa shape index (κ3) is 13.9. The van der Waals surface area contributed by atoms with Crippen LogP contribution in [0, 0.1) is 20.2 Å². The molecular weight excluding hydrogens is 726 g/mol. The molecule has 0 bridgehead atoms. The molecule has 2 aromatic rings. The number of rotatable bonds is 18. The Morgan fingerprint density at radius 1 is 0.796 bits per heavy atom. The number of hydrogen-bond donors (Lipinski definition) is 3. The molecule has 2 aromatic carbocycles. The zero-order chi connectivity index (χ0) is 38.9. The van der Waals surface area contributed by atoms with Crippen LogP contribution in [0.4, 0.5) is 16.2 Å². The Hall–Kier alpha value is -5.26. The molecule has 0 aliphatic heterocycles. The molecule has 0 spiro atoms. The number of carbonyl (C=O) groups is 5. The van der Waals surface area contributed by atoms with Crippen LogP contribution in [-0.4, -0.2) is 76.3 Å². The number of carbonyl (C=O) groups excluding carboxylic acids is 5. The number of thioether (sulfide) groups is 1. The van der Waals surface area contributed by atoms with Gasteiger partial charge in [0.25, 0.3) is 11.4 Å². The van der Waals surface area contributed by atoms with Gasteiger partial charge in [-0.05, 0) is 69.4 Å². The van der Waals surface area contributed by atoms with Gasteiger partial charge in [0.15, 0.2) is 0 Å².